The highest BCUT2D eigenvalue weighted by atomic mass is 32.2. The minimum absolute atomic E-state index is 0.258. The summed E-state index contributed by atoms with van der Waals surface area (Å²) in [4.78, 5) is 26.5. The molecule has 0 radical (unpaired) electrons. The van der Waals surface area contributed by atoms with Gasteiger partial charge in [0.2, 0.25) is 0 Å². The predicted molar refractivity (Wildman–Crippen MR) is 88.9 cm³/mol. The average molecular weight is 327 g/mol. The summed E-state index contributed by atoms with van der Waals surface area (Å²) in [6.07, 6.45) is 0.520. The third-order valence-electron chi connectivity index (χ3n) is 3.87. The Labute approximate surface area is 137 Å². The van der Waals surface area contributed by atoms with E-state index in [2.05, 4.69) is 0 Å². The van der Waals surface area contributed by atoms with E-state index >= 15 is 0 Å². The van der Waals surface area contributed by atoms with Crippen molar-refractivity contribution in [3.05, 3.63) is 65.2 Å². The maximum absolute atomic E-state index is 12.2. The van der Waals surface area contributed by atoms with Crippen LogP contribution in [0.1, 0.15) is 32.7 Å². The number of imide groups is 1. The second-order valence-corrected chi connectivity index (χ2v) is 7.09. The largest absolute Gasteiger partial charge is 0.274 e. The van der Waals surface area contributed by atoms with Gasteiger partial charge in [0, 0.05) is 17.2 Å². The summed E-state index contributed by atoms with van der Waals surface area (Å²) in [5.74, 6) is -0.0883. The molecule has 2 aromatic rings. The molecule has 5 heteroatoms. The lowest BCUT2D eigenvalue weighted by molar-refractivity contribution is 0.0654. The molecular weight excluding hydrogens is 310 g/mol. The predicted octanol–water partition coefficient (Wildman–Crippen LogP) is 2.79. The van der Waals surface area contributed by atoms with Crippen molar-refractivity contribution >= 4 is 22.6 Å². The van der Waals surface area contributed by atoms with Crippen molar-refractivity contribution in [2.75, 3.05) is 12.3 Å². The molecule has 2 aromatic carbocycles. The van der Waals surface area contributed by atoms with E-state index in [9.17, 15) is 13.8 Å². The quantitative estimate of drug-likeness (QED) is 0.794. The van der Waals surface area contributed by atoms with Gasteiger partial charge < -0.3 is 0 Å². The Morgan fingerprint density at radius 3 is 2.04 bits per heavy atom. The van der Waals surface area contributed by atoms with Gasteiger partial charge in [-0.15, -0.1) is 0 Å². The van der Waals surface area contributed by atoms with Gasteiger partial charge >= 0.3 is 0 Å². The van der Waals surface area contributed by atoms with E-state index in [4.69, 9.17) is 0 Å². The number of hydrogen-bond acceptors (Lipinski definition) is 3. The van der Waals surface area contributed by atoms with Crippen molar-refractivity contribution in [3.63, 3.8) is 0 Å². The summed E-state index contributed by atoms with van der Waals surface area (Å²) in [6, 6.07) is 14.4. The Morgan fingerprint density at radius 1 is 0.913 bits per heavy atom. The number of carbonyl (C=O) groups is 2. The van der Waals surface area contributed by atoms with Crippen LogP contribution in [0.15, 0.2) is 53.4 Å². The van der Waals surface area contributed by atoms with E-state index in [0.29, 0.717) is 29.8 Å². The van der Waals surface area contributed by atoms with E-state index < -0.39 is 10.8 Å². The monoisotopic (exact) mass is 327 g/mol. The lowest BCUT2D eigenvalue weighted by Gasteiger charge is -2.13. The van der Waals surface area contributed by atoms with E-state index in [1.807, 2.05) is 31.2 Å². The highest BCUT2D eigenvalue weighted by Gasteiger charge is 2.34. The minimum Gasteiger partial charge on any atom is -0.274 e. The van der Waals surface area contributed by atoms with Crippen molar-refractivity contribution in [1.29, 1.82) is 0 Å². The Hall–Kier alpha value is -2.27. The van der Waals surface area contributed by atoms with Gasteiger partial charge in [-0.1, -0.05) is 29.8 Å². The Morgan fingerprint density at radius 2 is 1.48 bits per heavy atom. The summed E-state index contributed by atoms with van der Waals surface area (Å²) >= 11 is 0. The topological polar surface area (TPSA) is 54.5 Å². The van der Waals surface area contributed by atoms with Gasteiger partial charge in [0.05, 0.1) is 21.9 Å². The lowest BCUT2D eigenvalue weighted by Crippen LogP contribution is -2.31. The SMILES string of the molecule is Cc1ccc(S(=O)CCCN2C(=O)c3ccccc3C2=O)cc1. The minimum atomic E-state index is -1.11. The number of benzene rings is 2. The van der Waals surface area contributed by atoms with Gasteiger partial charge in [-0.2, -0.15) is 0 Å². The van der Waals surface area contributed by atoms with Crippen LogP contribution in [0.2, 0.25) is 0 Å². The molecule has 2 amide bonds. The first-order valence-corrected chi connectivity index (χ1v) is 8.80. The van der Waals surface area contributed by atoms with E-state index in [-0.39, 0.29) is 11.8 Å². The average Bonchev–Trinajstić information content (AvgIpc) is 2.81. The van der Waals surface area contributed by atoms with Gasteiger partial charge in [-0.05, 0) is 37.6 Å². The normalized spacial score (nSPS) is 14.9. The molecule has 1 heterocycles. The zero-order valence-corrected chi connectivity index (χ0v) is 13.6. The third kappa shape index (κ3) is 3.10. The smallest absolute Gasteiger partial charge is 0.261 e. The number of rotatable bonds is 5. The molecular formula is C18H17NO3S. The Bertz CT molecular complexity index is 748. The second-order valence-electron chi connectivity index (χ2n) is 5.52. The molecule has 0 saturated carbocycles. The van der Waals surface area contributed by atoms with Crippen molar-refractivity contribution in [2.45, 2.75) is 18.2 Å². The number of nitrogens with zero attached hydrogens (tertiary/aromatic N) is 1. The first-order valence-electron chi connectivity index (χ1n) is 7.48. The molecule has 1 aliphatic rings. The van der Waals surface area contributed by atoms with Gasteiger partial charge in [-0.25, -0.2) is 0 Å². The molecule has 23 heavy (non-hydrogen) atoms. The maximum atomic E-state index is 12.2. The van der Waals surface area contributed by atoms with Crippen LogP contribution < -0.4 is 0 Å². The molecule has 1 unspecified atom stereocenters. The van der Waals surface area contributed by atoms with Gasteiger partial charge in [0.1, 0.15) is 0 Å². The first-order chi connectivity index (χ1) is 11.1. The molecule has 1 aliphatic heterocycles. The fourth-order valence-corrected chi connectivity index (χ4v) is 3.67. The Balaban J connectivity index is 1.60. The van der Waals surface area contributed by atoms with Gasteiger partial charge in [-0.3, -0.25) is 18.7 Å². The van der Waals surface area contributed by atoms with Crippen LogP contribution in [0.25, 0.3) is 0 Å². The summed E-state index contributed by atoms with van der Waals surface area (Å²) in [7, 11) is -1.11. The van der Waals surface area contributed by atoms with E-state index in [1.54, 1.807) is 24.3 Å². The van der Waals surface area contributed by atoms with Crippen LogP contribution in [0.3, 0.4) is 0 Å². The second kappa shape index (κ2) is 6.46. The summed E-state index contributed by atoms with van der Waals surface area (Å²) in [6.45, 7) is 2.28. The molecule has 1 atom stereocenters. The zero-order chi connectivity index (χ0) is 16.4. The molecule has 0 bridgehead atoms. The molecule has 0 fully saturated rings. The first kappa shape index (κ1) is 15.6. The lowest BCUT2D eigenvalue weighted by atomic mass is 10.1. The maximum Gasteiger partial charge on any atom is 0.261 e. The van der Waals surface area contributed by atoms with Crippen LogP contribution in [0.5, 0.6) is 0 Å². The summed E-state index contributed by atoms with van der Waals surface area (Å²) in [5, 5.41) is 0. The molecule has 0 saturated heterocycles. The number of carbonyl (C=O) groups excluding carboxylic acids is 2. The summed E-state index contributed by atoms with van der Waals surface area (Å²) < 4.78 is 12.2. The molecule has 0 aromatic heterocycles. The van der Waals surface area contributed by atoms with Crippen molar-refractivity contribution in [2.24, 2.45) is 0 Å². The van der Waals surface area contributed by atoms with Crippen LogP contribution in [0.4, 0.5) is 0 Å². The highest BCUT2D eigenvalue weighted by molar-refractivity contribution is 7.85. The fourth-order valence-electron chi connectivity index (χ4n) is 2.60. The summed E-state index contributed by atoms with van der Waals surface area (Å²) in [5.41, 5.74) is 2.03. The molecule has 0 N–H and O–H groups in total. The molecule has 3 rings (SSSR count). The van der Waals surface area contributed by atoms with Crippen LogP contribution in [-0.2, 0) is 10.8 Å². The van der Waals surface area contributed by atoms with E-state index in [1.165, 1.54) is 4.90 Å². The van der Waals surface area contributed by atoms with Crippen LogP contribution >= 0.6 is 0 Å². The van der Waals surface area contributed by atoms with Gasteiger partial charge in [0.15, 0.2) is 0 Å². The van der Waals surface area contributed by atoms with Crippen molar-refractivity contribution in [3.8, 4) is 0 Å². The third-order valence-corrected chi connectivity index (χ3v) is 5.33. The zero-order valence-electron chi connectivity index (χ0n) is 12.8. The molecule has 0 aliphatic carbocycles. The standard InChI is InChI=1S/C18H17NO3S/c1-13-7-9-14(10-8-13)23(22)12-4-11-19-17(20)15-5-2-3-6-16(15)18(19)21/h2-3,5-10H,4,11-12H2,1H3. The van der Waals surface area contributed by atoms with Crippen LogP contribution in [-0.4, -0.2) is 33.2 Å². The number of hydrogen-bond donors (Lipinski definition) is 0. The van der Waals surface area contributed by atoms with Crippen molar-refractivity contribution in [1.82, 2.24) is 4.90 Å². The highest BCUT2D eigenvalue weighted by Crippen LogP contribution is 2.22. The van der Waals surface area contributed by atoms with Gasteiger partial charge in [0.25, 0.3) is 11.8 Å². The molecule has 0 spiro atoms. The van der Waals surface area contributed by atoms with Crippen LogP contribution in [0, 0.1) is 6.92 Å². The number of amides is 2. The molecule has 4 nitrogen and oxygen atoms in total. The number of aryl methyl sites for hydroxylation is 1. The fraction of sp³-hybridized carbons (Fsp3) is 0.222. The molecule has 118 valence electrons. The van der Waals surface area contributed by atoms with Crippen molar-refractivity contribution < 1.29 is 13.8 Å². The van der Waals surface area contributed by atoms with E-state index in [0.717, 1.165) is 10.5 Å². The number of fused-ring (bicyclic) bond motifs is 1. The Kier molecular flexibility index (Phi) is 4.39.